The first-order valence-corrected chi connectivity index (χ1v) is 4.43. The maximum absolute atomic E-state index is 10.4. The van der Waals surface area contributed by atoms with Gasteiger partial charge in [-0.05, 0) is 13.0 Å². The zero-order chi connectivity index (χ0) is 10.4. The fraction of sp³-hybridized carbons (Fsp3) is 0.400. The van der Waals surface area contributed by atoms with Crippen LogP contribution in [0.1, 0.15) is 22.3 Å². The summed E-state index contributed by atoms with van der Waals surface area (Å²) in [5.41, 5.74) is 1.37. The van der Waals surface area contributed by atoms with Crippen LogP contribution in [0.5, 0.6) is 5.88 Å². The van der Waals surface area contributed by atoms with Crippen LogP contribution in [0, 0.1) is 6.92 Å². The van der Waals surface area contributed by atoms with Gasteiger partial charge in [-0.15, -0.1) is 0 Å². The quantitative estimate of drug-likeness (QED) is 0.561. The van der Waals surface area contributed by atoms with Gasteiger partial charge >= 0.3 is 0 Å². The van der Waals surface area contributed by atoms with Gasteiger partial charge in [-0.3, -0.25) is 4.79 Å². The Morgan fingerprint density at radius 1 is 1.64 bits per heavy atom. The molecule has 76 valence electrons. The van der Waals surface area contributed by atoms with Gasteiger partial charge in [0, 0.05) is 30.4 Å². The van der Waals surface area contributed by atoms with E-state index in [-0.39, 0.29) is 6.61 Å². The van der Waals surface area contributed by atoms with Crippen LogP contribution in [-0.2, 0) is 0 Å². The maximum atomic E-state index is 10.4. The molecule has 0 unspecified atom stereocenters. The molecular weight excluding hydrogens is 182 g/mol. The Balaban J connectivity index is 2.64. The number of aliphatic hydroxyl groups is 1. The molecule has 0 atom stereocenters. The summed E-state index contributed by atoms with van der Waals surface area (Å²) in [7, 11) is 0. The number of pyridine rings is 1. The van der Waals surface area contributed by atoms with Gasteiger partial charge in [0.25, 0.3) is 0 Å². The number of hydrogen-bond acceptors (Lipinski definition) is 4. The van der Waals surface area contributed by atoms with Crippen LogP contribution in [0.25, 0.3) is 0 Å². The highest BCUT2D eigenvalue weighted by atomic mass is 16.5. The number of aldehydes is 1. The molecule has 0 saturated heterocycles. The summed E-state index contributed by atoms with van der Waals surface area (Å²) in [6, 6.07) is 1.72. The summed E-state index contributed by atoms with van der Waals surface area (Å²) in [6.07, 6.45) is 2.79. The van der Waals surface area contributed by atoms with E-state index < -0.39 is 0 Å². The molecule has 1 heterocycles. The highest BCUT2D eigenvalue weighted by Crippen LogP contribution is 2.14. The zero-order valence-electron chi connectivity index (χ0n) is 8.06. The standard InChI is InChI=1S/C10H13NO3/c1-8-5-9(7-13)6-11-10(8)14-4-2-3-12/h5-7,12H,2-4H2,1H3. The molecule has 4 nitrogen and oxygen atoms in total. The van der Waals surface area contributed by atoms with Crippen LogP contribution in [0.3, 0.4) is 0 Å². The normalized spacial score (nSPS) is 9.86. The second kappa shape index (κ2) is 5.34. The van der Waals surface area contributed by atoms with E-state index in [4.69, 9.17) is 9.84 Å². The number of carbonyl (C=O) groups excluding carboxylic acids is 1. The SMILES string of the molecule is Cc1cc(C=O)cnc1OCCCO. The van der Waals surface area contributed by atoms with Crippen molar-refractivity contribution in [3.63, 3.8) is 0 Å². The zero-order valence-corrected chi connectivity index (χ0v) is 8.06. The molecule has 4 heteroatoms. The van der Waals surface area contributed by atoms with Crippen molar-refractivity contribution in [3.05, 3.63) is 23.4 Å². The molecule has 14 heavy (non-hydrogen) atoms. The van der Waals surface area contributed by atoms with E-state index >= 15 is 0 Å². The molecule has 0 aliphatic carbocycles. The van der Waals surface area contributed by atoms with Crippen molar-refractivity contribution in [2.24, 2.45) is 0 Å². The van der Waals surface area contributed by atoms with Crippen molar-refractivity contribution >= 4 is 6.29 Å². The molecule has 0 spiro atoms. The second-order valence-corrected chi connectivity index (χ2v) is 2.93. The highest BCUT2D eigenvalue weighted by Gasteiger charge is 2.01. The van der Waals surface area contributed by atoms with Crippen molar-refractivity contribution in [1.29, 1.82) is 0 Å². The molecule has 1 aromatic rings. The maximum Gasteiger partial charge on any atom is 0.216 e. The van der Waals surface area contributed by atoms with Crippen LogP contribution in [0.2, 0.25) is 0 Å². The van der Waals surface area contributed by atoms with E-state index in [1.165, 1.54) is 6.20 Å². The number of rotatable bonds is 5. The third kappa shape index (κ3) is 2.81. The lowest BCUT2D eigenvalue weighted by atomic mass is 10.2. The Kier molecular flexibility index (Phi) is 4.07. The van der Waals surface area contributed by atoms with Crippen molar-refractivity contribution in [1.82, 2.24) is 4.98 Å². The van der Waals surface area contributed by atoms with Crippen LogP contribution in [0.15, 0.2) is 12.3 Å². The molecule has 0 aliphatic heterocycles. The molecule has 1 aromatic heterocycles. The molecule has 0 aromatic carbocycles. The highest BCUT2D eigenvalue weighted by molar-refractivity contribution is 5.74. The van der Waals surface area contributed by atoms with Crippen LogP contribution in [-0.4, -0.2) is 29.6 Å². The fourth-order valence-corrected chi connectivity index (χ4v) is 1.03. The van der Waals surface area contributed by atoms with Crippen molar-refractivity contribution in [3.8, 4) is 5.88 Å². The first-order valence-electron chi connectivity index (χ1n) is 4.43. The predicted octanol–water partition coefficient (Wildman–Crippen LogP) is 0.964. The first-order chi connectivity index (χ1) is 6.77. The molecule has 0 bridgehead atoms. The number of aryl methyl sites for hydroxylation is 1. The summed E-state index contributed by atoms with van der Waals surface area (Å²) in [5, 5.41) is 8.55. The number of hydrogen-bond donors (Lipinski definition) is 1. The van der Waals surface area contributed by atoms with Gasteiger partial charge in [0.2, 0.25) is 5.88 Å². The van der Waals surface area contributed by atoms with E-state index in [2.05, 4.69) is 4.98 Å². The van der Waals surface area contributed by atoms with Crippen molar-refractivity contribution in [2.75, 3.05) is 13.2 Å². The summed E-state index contributed by atoms with van der Waals surface area (Å²) < 4.78 is 5.29. The van der Waals surface area contributed by atoms with E-state index in [1.54, 1.807) is 6.07 Å². The number of carbonyl (C=O) groups is 1. The monoisotopic (exact) mass is 195 g/mol. The lowest BCUT2D eigenvalue weighted by molar-refractivity contribution is 0.112. The third-order valence-electron chi connectivity index (χ3n) is 1.73. The minimum absolute atomic E-state index is 0.103. The average molecular weight is 195 g/mol. The molecule has 0 radical (unpaired) electrons. The van der Waals surface area contributed by atoms with Gasteiger partial charge in [0.15, 0.2) is 6.29 Å². The largest absolute Gasteiger partial charge is 0.477 e. The molecule has 1 rings (SSSR count). The van der Waals surface area contributed by atoms with E-state index in [0.29, 0.717) is 24.5 Å². The molecule has 1 N–H and O–H groups in total. The Bertz CT molecular complexity index is 312. The topological polar surface area (TPSA) is 59.4 Å². The van der Waals surface area contributed by atoms with E-state index in [0.717, 1.165) is 11.8 Å². The number of aliphatic hydroxyl groups excluding tert-OH is 1. The fourth-order valence-electron chi connectivity index (χ4n) is 1.03. The Morgan fingerprint density at radius 2 is 2.43 bits per heavy atom. The molecule has 0 amide bonds. The number of ether oxygens (including phenoxy) is 1. The van der Waals surface area contributed by atoms with Crippen LogP contribution in [0.4, 0.5) is 0 Å². The van der Waals surface area contributed by atoms with E-state index in [9.17, 15) is 4.79 Å². The second-order valence-electron chi connectivity index (χ2n) is 2.93. The smallest absolute Gasteiger partial charge is 0.216 e. The van der Waals surface area contributed by atoms with Gasteiger partial charge in [-0.2, -0.15) is 0 Å². The predicted molar refractivity (Wildman–Crippen MR) is 51.6 cm³/mol. The Morgan fingerprint density at radius 3 is 3.00 bits per heavy atom. The van der Waals surface area contributed by atoms with E-state index in [1.807, 2.05) is 6.92 Å². The van der Waals surface area contributed by atoms with Gasteiger partial charge in [0.05, 0.1) is 6.61 Å². The summed E-state index contributed by atoms with van der Waals surface area (Å²) >= 11 is 0. The Labute approximate surface area is 82.5 Å². The van der Waals surface area contributed by atoms with Crippen LogP contribution < -0.4 is 4.74 Å². The first kappa shape index (κ1) is 10.7. The van der Waals surface area contributed by atoms with Gasteiger partial charge in [0.1, 0.15) is 0 Å². The average Bonchev–Trinajstić information content (AvgIpc) is 2.20. The lowest BCUT2D eigenvalue weighted by Crippen LogP contribution is -2.03. The van der Waals surface area contributed by atoms with Crippen molar-refractivity contribution < 1.29 is 14.6 Å². The van der Waals surface area contributed by atoms with Gasteiger partial charge < -0.3 is 9.84 Å². The number of nitrogens with zero attached hydrogens (tertiary/aromatic N) is 1. The van der Waals surface area contributed by atoms with Crippen molar-refractivity contribution in [2.45, 2.75) is 13.3 Å². The molecule has 0 saturated carbocycles. The number of aromatic nitrogens is 1. The van der Waals surface area contributed by atoms with Crippen LogP contribution >= 0.6 is 0 Å². The third-order valence-corrected chi connectivity index (χ3v) is 1.73. The van der Waals surface area contributed by atoms with Gasteiger partial charge in [-0.1, -0.05) is 0 Å². The summed E-state index contributed by atoms with van der Waals surface area (Å²) in [6.45, 7) is 2.37. The Hall–Kier alpha value is -1.42. The minimum Gasteiger partial charge on any atom is -0.477 e. The lowest BCUT2D eigenvalue weighted by Gasteiger charge is -2.06. The molecule has 0 fully saturated rings. The summed E-state index contributed by atoms with van der Waals surface area (Å²) in [5.74, 6) is 0.518. The minimum atomic E-state index is 0.103. The van der Waals surface area contributed by atoms with Gasteiger partial charge in [-0.25, -0.2) is 4.98 Å². The molecular formula is C10H13NO3. The molecule has 0 aliphatic rings. The summed E-state index contributed by atoms with van der Waals surface area (Å²) in [4.78, 5) is 14.4.